The van der Waals surface area contributed by atoms with Crippen molar-refractivity contribution in [2.45, 2.75) is 20.4 Å². The first kappa shape index (κ1) is 19.1. The summed E-state index contributed by atoms with van der Waals surface area (Å²) in [6, 6.07) is 15.5. The largest absolute Gasteiger partial charge is 0.495 e. The van der Waals surface area contributed by atoms with Crippen LogP contribution >= 0.6 is 9.24 Å². The van der Waals surface area contributed by atoms with E-state index in [-0.39, 0.29) is 5.56 Å². The molecule has 2 aromatic heterocycles. The summed E-state index contributed by atoms with van der Waals surface area (Å²) in [5.74, 6) is 0.643. The average Bonchev–Trinajstić information content (AvgIpc) is 2.68. The molecule has 1 aromatic carbocycles. The van der Waals surface area contributed by atoms with Crippen LogP contribution in [0.4, 0.5) is 5.69 Å². The average molecular weight is 381 g/mol. The van der Waals surface area contributed by atoms with E-state index >= 15 is 0 Å². The van der Waals surface area contributed by atoms with Crippen LogP contribution < -0.4 is 15.8 Å². The van der Waals surface area contributed by atoms with Crippen molar-refractivity contribution < 1.29 is 4.74 Å². The first-order valence-electron chi connectivity index (χ1n) is 8.90. The van der Waals surface area contributed by atoms with Crippen LogP contribution in [0.25, 0.3) is 11.4 Å². The van der Waals surface area contributed by atoms with Gasteiger partial charge in [0.1, 0.15) is 11.4 Å². The summed E-state index contributed by atoms with van der Waals surface area (Å²) >= 11 is 0. The molecule has 0 bridgehead atoms. The smallest absolute Gasteiger partial charge is 0.258 e. The molecule has 1 atom stereocenters. The zero-order valence-corrected chi connectivity index (χ0v) is 17.0. The molecule has 0 saturated carbocycles. The fraction of sp³-hybridized carbons (Fsp3) is 0.238. The molecule has 5 nitrogen and oxygen atoms in total. The molecule has 0 spiro atoms. The minimum Gasteiger partial charge on any atom is -0.495 e. The van der Waals surface area contributed by atoms with Crippen LogP contribution in [0, 0.1) is 0 Å². The fourth-order valence-electron chi connectivity index (χ4n) is 3.11. The predicted octanol–water partition coefficient (Wildman–Crippen LogP) is 3.23. The Morgan fingerprint density at radius 1 is 1.26 bits per heavy atom. The van der Waals surface area contributed by atoms with Gasteiger partial charge in [-0.1, -0.05) is 18.2 Å². The number of methoxy groups -OCH3 is 1. The Kier molecular flexibility index (Phi) is 5.92. The zero-order valence-electron chi connectivity index (χ0n) is 15.8. The monoisotopic (exact) mass is 381 g/mol. The lowest BCUT2D eigenvalue weighted by molar-refractivity contribution is 0.367. The molecule has 2 heterocycles. The van der Waals surface area contributed by atoms with Crippen LogP contribution in [-0.4, -0.2) is 23.0 Å². The van der Waals surface area contributed by atoms with Gasteiger partial charge in [0, 0.05) is 18.3 Å². The lowest BCUT2D eigenvalue weighted by atomic mass is 10.2. The number of anilines is 1. The van der Waals surface area contributed by atoms with E-state index in [1.807, 2.05) is 31.2 Å². The second-order valence-electron chi connectivity index (χ2n) is 6.15. The molecule has 27 heavy (non-hydrogen) atoms. The summed E-state index contributed by atoms with van der Waals surface area (Å²) in [7, 11) is 4.29. The van der Waals surface area contributed by atoms with Crippen molar-refractivity contribution >= 4 is 31.6 Å². The van der Waals surface area contributed by atoms with Crippen molar-refractivity contribution in [3.05, 3.63) is 76.3 Å². The minimum atomic E-state index is -0.113. The van der Waals surface area contributed by atoms with E-state index in [0.717, 1.165) is 23.2 Å². The Morgan fingerprint density at radius 2 is 2.00 bits per heavy atom. The van der Waals surface area contributed by atoms with E-state index in [2.05, 4.69) is 45.3 Å². The lowest BCUT2D eigenvalue weighted by Crippen LogP contribution is -2.26. The third kappa shape index (κ3) is 4.04. The van der Waals surface area contributed by atoms with Gasteiger partial charge in [0.25, 0.3) is 5.56 Å². The van der Waals surface area contributed by atoms with E-state index in [4.69, 9.17) is 9.72 Å². The third-order valence-corrected chi connectivity index (χ3v) is 4.85. The summed E-state index contributed by atoms with van der Waals surface area (Å²) in [6.45, 7) is 5.37. The Morgan fingerprint density at radius 3 is 2.63 bits per heavy atom. The number of nitrogens with zero attached hydrogens (tertiary/aromatic N) is 3. The molecule has 0 amide bonds. The SMILES string of the molecule is C/C=C(\OC)c1cccc2nc(CN(CC)c3ccc(P)cc3)cc(=O)n12. The maximum atomic E-state index is 12.8. The van der Waals surface area contributed by atoms with Crippen LogP contribution in [0.3, 0.4) is 0 Å². The van der Waals surface area contributed by atoms with Crippen molar-refractivity contribution in [2.75, 3.05) is 18.6 Å². The normalized spacial score (nSPS) is 11.6. The first-order valence-corrected chi connectivity index (χ1v) is 9.48. The standard InChI is InChI=1S/C21H24N3O2P/c1-4-19(26-3)18-7-6-8-20-22-15(13-21(25)24(18)20)14-23(5-2)16-9-11-17(27)12-10-16/h4,6-13H,5,14,27H2,1-3H3/b19-4-. The van der Waals surface area contributed by atoms with E-state index in [0.29, 0.717) is 23.6 Å². The van der Waals surface area contributed by atoms with Gasteiger partial charge in [-0.2, -0.15) is 0 Å². The van der Waals surface area contributed by atoms with Crippen LogP contribution in [0.15, 0.2) is 59.4 Å². The molecule has 0 N–H and O–H groups in total. The molecule has 0 aliphatic carbocycles. The van der Waals surface area contributed by atoms with Gasteiger partial charge in [-0.05, 0) is 49.5 Å². The number of rotatable bonds is 6. The zero-order chi connectivity index (χ0) is 19.4. The highest BCUT2D eigenvalue weighted by molar-refractivity contribution is 7.27. The Hall–Kier alpha value is -2.65. The molecular weight excluding hydrogens is 357 g/mol. The van der Waals surface area contributed by atoms with Crippen molar-refractivity contribution in [2.24, 2.45) is 0 Å². The maximum Gasteiger partial charge on any atom is 0.258 e. The van der Waals surface area contributed by atoms with Gasteiger partial charge < -0.3 is 9.64 Å². The molecule has 6 heteroatoms. The molecule has 0 saturated heterocycles. The molecule has 0 aliphatic rings. The highest BCUT2D eigenvalue weighted by Gasteiger charge is 2.12. The van der Waals surface area contributed by atoms with Crippen LogP contribution in [-0.2, 0) is 11.3 Å². The number of allylic oxidation sites excluding steroid dienone is 1. The van der Waals surface area contributed by atoms with Gasteiger partial charge in [-0.15, -0.1) is 9.24 Å². The van der Waals surface area contributed by atoms with Crippen molar-refractivity contribution in [3.63, 3.8) is 0 Å². The number of hydrogen-bond donors (Lipinski definition) is 0. The second-order valence-corrected chi connectivity index (χ2v) is 6.82. The van der Waals surface area contributed by atoms with Gasteiger partial charge in [0.05, 0.1) is 25.0 Å². The molecule has 140 valence electrons. The van der Waals surface area contributed by atoms with Crippen LogP contribution in [0.1, 0.15) is 25.2 Å². The molecule has 3 rings (SSSR count). The number of hydrogen-bond acceptors (Lipinski definition) is 4. The van der Waals surface area contributed by atoms with Crippen molar-refractivity contribution in [1.82, 2.24) is 9.38 Å². The third-order valence-electron chi connectivity index (χ3n) is 4.47. The number of aromatic nitrogens is 2. The van der Waals surface area contributed by atoms with Crippen LogP contribution in [0.5, 0.6) is 0 Å². The molecular formula is C21H24N3O2P. The molecule has 0 aliphatic heterocycles. The number of pyridine rings is 1. The Balaban J connectivity index is 2.01. The van der Waals surface area contributed by atoms with Crippen molar-refractivity contribution in [1.29, 1.82) is 0 Å². The van der Waals surface area contributed by atoms with Crippen LogP contribution in [0.2, 0.25) is 0 Å². The number of ether oxygens (including phenoxy) is 1. The van der Waals surface area contributed by atoms with E-state index in [9.17, 15) is 4.79 Å². The topological polar surface area (TPSA) is 46.8 Å². The van der Waals surface area contributed by atoms with Gasteiger partial charge in [-0.25, -0.2) is 4.98 Å². The van der Waals surface area contributed by atoms with E-state index < -0.39 is 0 Å². The molecule has 0 fully saturated rings. The van der Waals surface area contributed by atoms with E-state index in [1.165, 1.54) is 0 Å². The summed E-state index contributed by atoms with van der Waals surface area (Å²) in [5, 5.41) is 1.14. The number of benzene rings is 1. The minimum absolute atomic E-state index is 0.113. The lowest BCUT2D eigenvalue weighted by Gasteiger charge is -2.23. The van der Waals surface area contributed by atoms with Gasteiger partial charge in [-0.3, -0.25) is 9.20 Å². The summed E-state index contributed by atoms with van der Waals surface area (Å²) in [5.41, 5.74) is 3.05. The summed E-state index contributed by atoms with van der Waals surface area (Å²) in [6.07, 6.45) is 1.84. The number of fused-ring (bicyclic) bond motifs is 1. The molecule has 1 unspecified atom stereocenters. The van der Waals surface area contributed by atoms with Gasteiger partial charge >= 0.3 is 0 Å². The maximum absolute atomic E-state index is 12.8. The molecule has 3 aromatic rings. The highest BCUT2D eigenvalue weighted by Crippen LogP contribution is 2.18. The first-order chi connectivity index (χ1) is 13.1. The van der Waals surface area contributed by atoms with Gasteiger partial charge in [0.15, 0.2) is 0 Å². The second kappa shape index (κ2) is 8.36. The summed E-state index contributed by atoms with van der Waals surface area (Å²) in [4.78, 5) is 19.7. The van der Waals surface area contributed by atoms with Gasteiger partial charge in [0.2, 0.25) is 0 Å². The Labute approximate surface area is 161 Å². The Bertz CT molecular complexity index is 1030. The quantitative estimate of drug-likeness (QED) is 0.486. The summed E-state index contributed by atoms with van der Waals surface area (Å²) < 4.78 is 6.98. The highest BCUT2D eigenvalue weighted by atomic mass is 31.0. The fourth-order valence-corrected chi connectivity index (χ4v) is 3.31. The van der Waals surface area contributed by atoms with E-state index in [1.54, 1.807) is 17.6 Å². The molecule has 0 radical (unpaired) electrons. The van der Waals surface area contributed by atoms with Crippen molar-refractivity contribution in [3.8, 4) is 0 Å². The predicted molar refractivity (Wildman–Crippen MR) is 115 cm³/mol.